The first-order valence-electron chi connectivity index (χ1n) is 7.20. The summed E-state index contributed by atoms with van der Waals surface area (Å²) >= 11 is 1.28. The summed E-state index contributed by atoms with van der Waals surface area (Å²) in [5.41, 5.74) is 0.783. The Labute approximate surface area is 145 Å². The Bertz CT molecular complexity index is 1040. The Morgan fingerprint density at radius 2 is 1.76 bits per heavy atom. The molecule has 130 valence electrons. The standard InChI is InChI=1S/C17H14F2N2O3S/c1-21-12-7-13(23-2)14(24-3)8-15(12)25-17(21)20-16(22)9-4-5-10(18)11(19)6-9/h4-8H,1-3H3. The number of methoxy groups -OCH3 is 2. The summed E-state index contributed by atoms with van der Waals surface area (Å²) in [6, 6.07) is 6.51. The zero-order valence-electron chi connectivity index (χ0n) is 13.7. The largest absolute Gasteiger partial charge is 0.493 e. The first kappa shape index (κ1) is 17.1. The van der Waals surface area contributed by atoms with Crippen LogP contribution < -0.4 is 14.3 Å². The molecule has 0 saturated heterocycles. The van der Waals surface area contributed by atoms with Gasteiger partial charge in [0, 0.05) is 24.7 Å². The number of amides is 1. The zero-order chi connectivity index (χ0) is 18.1. The first-order valence-corrected chi connectivity index (χ1v) is 8.02. The van der Waals surface area contributed by atoms with Gasteiger partial charge in [-0.3, -0.25) is 4.79 Å². The van der Waals surface area contributed by atoms with Crippen molar-refractivity contribution >= 4 is 27.5 Å². The molecule has 0 aliphatic rings. The lowest BCUT2D eigenvalue weighted by Gasteiger charge is -2.07. The van der Waals surface area contributed by atoms with Gasteiger partial charge in [-0.1, -0.05) is 11.3 Å². The quantitative estimate of drug-likeness (QED) is 0.717. The fraction of sp³-hybridized carbons (Fsp3) is 0.176. The number of aromatic nitrogens is 1. The zero-order valence-corrected chi connectivity index (χ0v) is 14.5. The number of fused-ring (bicyclic) bond motifs is 1. The van der Waals surface area contributed by atoms with Gasteiger partial charge in [-0.15, -0.1) is 0 Å². The lowest BCUT2D eigenvalue weighted by molar-refractivity contribution is 0.0997. The number of halogens is 2. The molecule has 0 bridgehead atoms. The van der Waals surface area contributed by atoms with E-state index in [4.69, 9.17) is 9.47 Å². The maximum Gasteiger partial charge on any atom is 0.279 e. The number of aryl methyl sites for hydroxylation is 1. The minimum absolute atomic E-state index is 0.0217. The maximum absolute atomic E-state index is 13.3. The SMILES string of the molecule is COc1cc2sc(=NC(=O)c3ccc(F)c(F)c3)n(C)c2cc1OC. The van der Waals surface area contributed by atoms with E-state index < -0.39 is 17.5 Å². The number of rotatable bonds is 3. The van der Waals surface area contributed by atoms with Crippen LogP contribution in [0.3, 0.4) is 0 Å². The summed E-state index contributed by atoms with van der Waals surface area (Å²) in [7, 11) is 4.82. The fourth-order valence-corrected chi connectivity index (χ4v) is 3.37. The summed E-state index contributed by atoms with van der Waals surface area (Å²) in [6.07, 6.45) is 0. The summed E-state index contributed by atoms with van der Waals surface area (Å²) in [5.74, 6) is -1.63. The summed E-state index contributed by atoms with van der Waals surface area (Å²) < 4.78 is 39.4. The summed E-state index contributed by atoms with van der Waals surface area (Å²) in [4.78, 5) is 16.7. The summed E-state index contributed by atoms with van der Waals surface area (Å²) in [5, 5.41) is 0. The molecule has 1 aromatic heterocycles. The lowest BCUT2D eigenvalue weighted by Crippen LogP contribution is -2.13. The normalized spacial score (nSPS) is 11.8. The van der Waals surface area contributed by atoms with E-state index in [1.807, 2.05) is 0 Å². The first-order chi connectivity index (χ1) is 11.9. The van der Waals surface area contributed by atoms with Gasteiger partial charge in [0.15, 0.2) is 27.9 Å². The average Bonchev–Trinajstić information content (AvgIpc) is 2.91. The molecule has 8 heteroatoms. The van der Waals surface area contributed by atoms with Crippen LogP contribution in [0.5, 0.6) is 11.5 Å². The molecule has 3 rings (SSSR count). The molecule has 25 heavy (non-hydrogen) atoms. The van der Waals surface area contributed by atoms with Gasteiger partial charge < -0.3 is 14.0 Å². The van der Waals surface area contributed by atoms with E-state index in [9.17, 15) is 13.6 Å². The Morgan fingerprint density at radius 1 is 1.08 bits per heavy atom. The van der Waals surface area contributed by atoms with Gasteiger partial charge in [-0.05, 0) is 18.2 Å². The van der Waals surface area contributed by atoms with Crippen LogP contribution in [0.25, 0.3) is 10.2 Å². The minimum atomic E-state index is -1.09. The Morgan fingerprint density at radius 3 is 2.40 bits per heavy atom. The van der Waals surface area contributed by atoms with Gasteiger partial charge in [0.05, 0.1) is 24.4 Å². The predicted molar refractivity (Wildman–Crippen MR) is 90.2 cm³/mol. The van der Waals surface area contributed by atoms with E-state index in [0.29, 0.717) is 16.3 Å². The molecule has 0 radical (unpaired) electrons. The van der Waals surface area contributed by atoms with Crippen molar-refractivity contribution in [1.82, 2.24) is 4.57 Å². The third kappa shape index (κ3) is 3.12. The van der Waals surface area contributed by atoms with E-state index >= 15 is 0 Å². The van der Waals surface area contributed by atoms with Crippen molar-refractivity contribution < 1.29 is 23.0 Å². The topological polar surface area (TPSA) is 52.8 Å². The number of benzene rings is 2. The molecule has 0 aliphatic carbocycles. The smallest absolute Gasteiger partial charge is 0.279 e. The van der Waals surface area contributed by atoms with Crippen molar-refractivity contribution in [2.24, 2.45) is 12.0 Å². The van der Waals surface area contributed by atoms with Gasteiger partial charge in [-0.2, -0.15) is 4.99 Å². The molecule has 0 atom stereocenters. The van der Waals surface area contributed by atoms with E-state index in [-0.39, 0.29) is 5.56 Å². The van der Waals surface area contributed by atoms with E-state index in [0.717, 1.165) is 22.3 Å². The molecule has 0 fully saturated rings. The van der Waals surface area contributed by atoms with Gasteiger partial charge in [0.2, 0.25) is 0 Å². The van der Waals surface area contributed by atoms with Crippen LogP contribution >= 0.6 is 11.3 Å². The van der Waals surface area contributed by atoms with Crippen molar-refractivity contribution in [3.8, 4) is 11.5 Å². The number of carbonyl (C=O) groups excluding carboxylic acids is 1. The number of hydrogen-bond donors (Lipinski definition) is 0. The second-order valence-corrected chi connectivity index (χ2v) is 6.17. The highest BCUT2D eigenvalue weighted by molar-refractivity contribution is 7.16. The summed E-state index contributed by atoms with van der Waals surface area (Å²) in [6.45, 7) is 0. The second kappa shape index (κ2) is 6.64. The van der Waals surface area contributed by atoms with Crippen LogP contribution in [0, 0.1) is 11.6 Å². The van der Waals surface area contributed by atoms with Gasteiger partial charge in [-0.25, -0.2) is 8.78 Å². The monoisotopic (exact) mass is 364 g/mol. The number of carbonyl (C=O) groups is 1. The van der Waals surface area contributed by atoms with Gasteiger partial charge in [0.1, 0.15) is 0 Å². The third-order valence-corrected chi connectivity index (χ3v) is 4.77. The molecule has 1 heterocycles. The molecule has 0 saturated carbocycles. The molecule has 2 aromatic carbocycles. The van der Waals surface area contributed by atoms with Crippen molar-refractivity contribution in [3.63, 3.8) is 0 Å². The Balaban J connectivity index is 2.11. The van der Waals surface area contributed by atoms with Crippen LogP contribution in [0.1, 0.15) is 10.4 Å². The molecule has 0 aliphatic heterocycles. The molecule has 0 unspecified atom stereocenters. The Kier molecular flexibility index (Phi) is 4.54. The van der Waals surface area contributed by atoms with Crippen molar-refractivity contribution in [3.05, 3.63) is 52.3 Å². The van der Waals surface area contributed by atoms with E-state index in [2.05, 4.69) is 4.99 Å². The van der Waals surface area contributed by atoms with E-state index in [1.54, 1.807) is 23.7 Å². The lowest BCUT2D eigenvalue weighted by atomic mass is 10.2. The van der Waals surface area contributed by atoms with Crippen LogP contribution in [0.2, 0.25) is 0 Å². The minimum Gasteiger partial charge on any atom is -0.493 e. The highest BCUT2D eigenvalue weighted by Gasteiger charge is 2.13. The van der Waals surface area contributed by atoms with Crippen LogP contribution in [-0.4, -0.2) is 24.7 Å². The molecule has 0 spiro atoms. The van der Waals surface area contributed by atoms with Gasteiger partial charge >= 0.3 is 0 Å². The van der Waals surface area contributed by atoms with Crippen molar-refractivity contribution in [2.45, 2.75) is 0 Å². The molecular formula is C17H14F2N2O3S. The predicted octanol–water partition coefficient (Wildman–Crippen LogP) is 3.28. The number of nitrogens with zero attached hydrogens (tertiary/aromatic N) is 2. The number of thiazole rings is 1. The van der Waals surface area contributed by atoms with Crippen LogP contribution in [0.15, 0.2) is 35.3 Å². The van der Waals surface area contributed by atoms with E-state index in [1.165, 1.54) is 31.6 Å². The molecule has 3 aromatic rings. The number of hydrogen-bond acceptors (Lipinski definition) is 4. The molecular weight excluding hydrogens is 350 g/mol. The highest BCUT2D eigenvalue weighted by atomic mass is 32.1. The second-order valence-electron chi connectivity index (χ2n) is 5.16. The van der Waals surface area contributed by atoms with Crippen LogP contribution in [0.4, 0.5) is 8.78 Å². The molecule has 0 N–H and O–H groups in total. The van der Waals surface area contributed by atoms with Crippen molar-refractivity contribution in [1.29, 1.82) is 0 Å². The fourth-order valence-electron chi connectivity index (χ4n) is 2.34. The molecule has 5 nitrogen and oxygen atoms in total. The Hall–Kier alpha value is -2.74. The van der Waals surface area contributed by atoms with Crippen molar-refractivity contribution in [2.75, 3.05) is 14.2 Å². The average molecular weight is 364 g/mol. The van der Waals surface area contributed by atoms with Gasteiger partial charge in [0.25, 0.3) is 5.91 Å². The number of ether oxygens (including phenoxy) is 2. The molecule has 1 amide bonds. The van der Waals surface area contributed by atoms with Crippen LogP contribution in [-0.2, 0) is 7.05 Å². The maximum atomic E-state index is 13.3. The highest BCUT2D eigenvalue weighted by Crippen LogP contribution is 2.33. The third-order valence-electron chi connectivity index (χ3n) is 3.68.